The molecule has 0 saturated heterocycles. The fraction of sp³-hybridized carbons (Fsp3) is 0.231. The van der Waals surface area contributed by atoms with Crippen LogP contribution in [0.4, 0.5) is 0 Å². The second kappa shape index (κ2) is 10.0. The predicted octanol–water partition coefficient (Wildman–Crippen LogP) is 5.81. The summed E-state index contributed by atoms with van der Waals surface area (Å²) in [5.74, 6) is 1.62. The summed E-state index contributed by atoms with van der Waals surface area (Å²) >= 11 is 3.40. The Kier molecular flexibility index (Phi) is 6.90. The van der Waals surface area contributed by atoms with E-state index in [1.54, 1.807) is 12.1 Å². The molecular weight excluding hydrogens is 466 g/mol. The topological polar surface area (TPSA) is 56.1 Å². The minimum absolute atomic E-state index is 0.116. The normalized spacial score (nSPS) is 11.0. The summed E-state index contributed by atoms with van der Waals surface area (Å²) in [5, 5.41) is 3.00. The lowest BCUT2D eigenvalue weighted by atomic mass is 10.1. The molecule has 4 rings (SSSR count). The molecule has 32 heavy (non-hydrogen) atoms. The first-order valence-corrected chi connectivity index (χ1v) is 11.5. The van der Waals surface area contributed by atoms with E-state index in [1.807, 2.05) is 30.3 Å². The van der Waals surface area contributed by atoms with Crippen molar-refractivity contribution in [3.63, 3.8) is 0 Å². The number of ether oxygens (including phenoxy) is 1. The number of carbonyl (C=O) groups is 1. The average molecular weight is 492 g/mol. The number of nitrogens with one attached hydrogen (secondary N) is 1. The third-order valence-corrected chi connectivity index (χ3v) is 5.77. The van der Waals surface area contributed by atoms with E-state index in [0.717, 1.165) is 40.0 Å². The molecule has 0 saturated carbocycles. The Morgan fingerprint density at radius 3 is 2.50 bits per heavy atom. The first kappa shape index (κ1) is 22.1. The van der Waals surface area contributed by atoms with E-state index in [2.05, 4.69) is 63.9 Å². The highest BCUT2D eigenvalue weighted by atomic mass is 79.9. The third-order valence-electron chi connectivity index (χ3n) is 5.24. The van der Waals surface area contributed by atoms with Crippen LogP contribution in [0.25, 0.3) is 11.0 Å². The molecule has 0 atom stereocenters. The number of nitrogens with zero attached hydrogens (tertiary/aromatic N) is 2. The number of benzene rings is 3. The minimum atomic E-state index is -0.116. The Morgan fingerprint density at radius 2 is 1.75 bits per heavy atom. The summed E-state index contributed by atoms with van der Waals surface area (Å²) in [5.41, 5.74) is 5.01. The van der Waals surface area contributed by atoms with Crippen LogP contribution in [0.5, 0.6) is 5.75 Å². The Morgan fingerprint density at radius 1 is 1.03 bits per heavy atom. The highest BCUT2D eigenvalue weighted by molar-refractivity contribution is 9.10. The molecule has 1 amide bonds. The van der Waals surface area contributed by atoms with Crippen molar-refractivity contribution in [2.45, 2.75) is 33.4 Å². The van der Waals surface area contributed by atoms with E-state index in [1.165, 1.54) is 11.1 Å². The van der Waals surface area contributed by atoms with Crippen molar-refractivity contribution in [2.75, 3.05) is 6.61 Å². The van der Waals surface area contributed by atoms with Crippen LogP contribution < -0.4 is 10.1 Å². The van der Waals surface area contributed by atoms with Gasteiger partial charge in [0.15, 0.2) is 0 Å². The van der Waals surface area contributed by atoms with Crippen LogP contribution in [-0.4, -0.2) is 22.1 Å². The van der Waals surface area contributed by atoms with Gasteiger partial charge in [0, 0.05) is 16.6 Å². The quantitative estimate of drug-likeness (QED) is 0.316. The summed E-state index contributed by atoms with van der Waals surface area (Å²) in [6.45, 7) is 5.88. The molecule has 0 spiro atoms. The average Bonchev–Trinajstić information content (AvgIpc) is 3.12. The van der Waals surface area contributed by atoms with Gasteiger partial charge in [0.2, 0.25) is 0 Å². The van der Waals surface area contributed by atoms with Crippen molar-refractivity contribution in [3.05, 3.63) is 93.7 Å². The molecule has 0 aliphatic heterocycles. The van der Waals surface area contributed by atoms with Gasteiger partial charge in [-0.15, -0.1) is 0 Å². The molecule has 0 aliphatic carbocycles. The number of fused-ring (bicyclic) bond motifs is 1. The Balaban J connectivity index is 1.42. The zero-order chi connectivity index (χ0) is 22.5. The second-order valence-corrected chi connectivity index (χ2v) is 8.80. The monoisotopic (exact) mass is 491 g/mol. The van der Waals surface area contributed by atoms with Gasteiger partial charge >= 0.3 is 0 Å². The molecule has 5 nitrogen and oxygen atoms in total. The lowest BCUT2D eigenvalue weighted by Gasteiger charge is -2.12. The minimum Gasteiger partial charge on any atom is -0.494 e. The molecule has 0 unspecified atom stereocenters. The number of rotatable bonds is 8. The van der Waals surface area contributed by atoms with E-state index in [4.69, 9.17) is 9.72 Å². The Labute approximate surface area is 196 Å². The number of aryl methyl sites for hydroxylation is 3. The van der Waals surface area contributed by atoms with Gasteiger partial charge in [-0.2, -0.15) is 0 Å². The lowest BCUT2D eigenvalue weighted by Crippen LogP contribution is -2.25. The number of para-hydroxylation sites is 2. The van der Waals surface area contributed by atoms with Crippen LogP contribution in [0.1, 0.15) is 33.7 Å². The summed E-state index contributed by atoms with van der Waals surface area (Å²) in [4.78, 5) is 17.3. The lowest BCUT2D eigenvalue weighted by molar-refractivity contribution is 0.0949. The third kappa shape index (κ3) is 5.37. The SMILES string of the molecule is Cc1cc(C)cc(OCCCn2c(CNC(=O)c3ccc(Br)cc3)nc3ccccc32)c1. The van der Waals surface area contributed by atoms with Crippen molar-refractivity contribution in [1.82, 2.24) is 14.9 Å². The van der Waals surface area contributed by atoms with Crippen LogP contribution in [-0.2, 0) is 13.1 Å². The van der Waals surface area contributed by atoms with Gasteiger partial charge in [-0.1, -0.05) is 34.1 Å². The summed E-state index contributed by atoms with van der Waals surface area (Å²) < 4.78 is 9.09. The van der Waals surface area contributed by atoms with Gasteiger partial charge in [0.1, 0.15) is 11.6 Å². The van der Waals surface area contributed by atoms with Crippen LogP contribution in [0.15, 0.2) is 71.2 Å². The van der Waals surface area contributed by atoms with Crippen molar-refractivity contribution in [3.8, 4) is 5.75 Å². The number of carbonyl (C=O) groups excluding carboxylic acids is 1. The van der Waals surface area contributed by atoms with Gasteiger partial charge in [-0.25, -0.2) is 4.98 Å². The van der Waals surface area contributed by atoms with Crippen LogP contribution in [0.2, 0.25) is 0 Å². The Hall–Kier alpha value is -3.12. The van der Waals surface area contributed by atoms with E-state index >= 15 is 0 Å². The number of imidazole rings is 1. The molecule has 3 aromatic carbocycles. The highest BCUT2D eigenvalue weighted by Crippen LogP contribution is 2.19. The summed E-state index contributed by atoms with van der Waals surface area (Å²) in [7, 11) is 0. The molecule has 6 heteroatoms. The summed E-state index contributed by atoms with van der Waals surface area (Å²) in [6, 6.07) is 21.6. The van der Waals surface area contributed by atoms with E-state index in [-0.39, 0.29) is 5.91 Å². The molecule has 0 radical (unpaired) electrons. The van der Waals surface area contributed by atoms with Gasteiger partial charge in [0.25, 0.3) is 5.91 Å². The fourth-order valence-electron chi connectivity index (χ4n) is 3.80. The Bertz CT molecular complexity index is 1210. The van der Waals surface area contributed by atoms with Crippen LogP contribution >= 0.6 is 15.9 Å². The van der Waals surface area contributed by atoms with Gasteiger partial charge in [-0.3, -0.25) is 4.79 Å². The molecular formula is C26H26BrN3O2. The maximum Gasteiger partial charge on any atom is 0.251 e. The number of amides is 1. The standard InChI is InChI=1S/C26H26BrN3O2/c1-18-14-19(2)16-22(15-18)32-13-5-12-30-24-7-4-3-6-23(24)29-25(30)17-28-26(31)20-8-10-21(27)11-9-20/h3-4,6-11,14-16H,5,12-13,17H2,1-2H3,(H,28,31). The largest absolute Gasteiger partial charge is 0.494 e. The number of hydrogen-bond acceptors (Lipinski definition) is 3. The molecule has 0 bridgehead atoms. The summed E-state index contributed by atoms with van der Waals surface area (Å²) in [6.07, 6.45) is 0.834. The van der Waals surface area contributed by atoms with E-state index in [9.17, 15) is 4.79 Å². The molecule has 1 N–H and O–H groups in total. The first-order valence-electron chi connectivity index (χ1n) is 10.7. The zero-order valence-electron chi connectivity index (χ0n) is 18.3. The first-order chi connectivity index (χ1) is 15.5. The molecule has 0 aliphatic rings. The van der Waals surface area contributed by atoms with Crippen LogP contribution in [0.3, 0.4) is 0 Å². The van der Waals surface area contributed by atoms with Gasteiger partial charge in [-0.05, 0) is 79.9 Å². The van der Waals surface area contributed by atoms with Crippen LogP contribution in [0, 0.1) is 13.8 Å². The maximum atomic E-state index is 12.5. The maximum absolute atomic E-state index is 12.5. The van der Waals surface area contributed by atoms with E-state index < -0.39 is 0 Å². The fourth-order valence-corrected chi connectivity index (χ4v) is 4.07. The number of halogens is 1. The molecule has 1 aromatic heterocycles. The highest BCUT2D eigenvalue weighted by Gasteiger charge is 2.12. The second-order valence-electron chi connectivity index (χ2n) is 7.88. The predicted molar refractivity (Wildman–Crippen MR) is 131 cm³/mol. The smallest absolute Gasteiger partial charge is 0.251 e. The van der Waals surface area contributed by atoms with Crippen molar-refractivity contribution in [1.29, 1.82) is 0 Å². The van der Waals surface area contributed by atoms with E-state index in [0.29, 0.717) is 18.7 Å². The van der Waals surface area contributed by atoms with Gasteiger partial charge in [0.05, 0.1) is 24.2 Å². The molecule has 0 fully saturated rings. The van der Waals surface area contributed by atoms with Crippen molar-refractivity contribution >= 4 is 32.9 Å². The number of aromatic nitrogens is 2. The van der Waals surface area contributed by atoms with Crippen molar-refractivity contribution in [2.24, 2.45) is 0 Å². The molecule has 1 heterocycles. The van der Waals surface area contributed by atoms with Crippen molar-refractivity contribution < 1.29 is 9.53 Å². The zero-order valence-corrected chi connectivity index (χ0v) is 19.9. The molecule has 4 aromatic rings. The number of hydrogen-bond donors (Lipinski definition) is 1. The molecule has 164 valence electrons. The van der Waals surface area contributed by atoms with Gasteiger partial charge < -0.3 is 14.6 Å².